The first-order chi connectivity index (χ1) is 10.2. The van der Waals surface area contributed by atoms with Crippen LogP contribution in [0.4, 0.5) is 0 Å². The summed E-state index contributed by atoms with van der Waals surface area (Å²) in [6.45, 7) is 8.17. The number of benzene rings is 2. The molecule has 0 saturated carbocycles. The molecular weight excluding hydrogens is 258 g/mol. The molecule has 0 fully saturated rings. The molecule has 2 aromatic carbocycles. The zero-order valence-electron chi connectivity index (χ0n) is 13.1. The summed E-state index contributed by atoms with van der Waals surface area (Å²) in [4.78, 5) is 0. The summed E-state index contributed by atoms with van der Waals surface area (Å²) >= 11 is 0. The lowest BCUT2D eigenvalue weighted by atomic mass is 9.86. The van der Waals surface area contributed by atoms with Crippen LogP contribution in [0.1, 0.15) is 40.8 Å². The van der Waals surface area contributed by atoms with E-state index in [9.17, 15) is 0 Å². The Bertz CT molecular complexity index is 628. The smallest absolute Gasteiger partial charge is 0.119 e. The molecule has 0 amide bonds. The number of rotatable bonds is 3. The van der Waals surface area contributed by atoms with Crippen molar-refractivity contribution in [3.63, 3.8) is 0 Å². The molecule has 1 heterocycles. The van der Waals surface area contributed by atoms with Crippen LogP contribution in [0.3, 0.4) is 0 Å². The lowest BCUT2D eigenvalue weighted by Crippen LogP contribution is -2.31. The van der Waals surface area contributed by atoms with Gasteiger partial charge < -0.3 is 10.1 Å². The molecule has 2 nitrogen and oxygen atoms in total. The Labute approximate surface area is 127 Å². The van der Waals surface area contributed by atoms with E-state index in [0.29, 0.717) is 6.04 Å². The second-order valence-corrected chi connectivity index (χ2v) is 5.74. The van der Waals surface area contributed by atoms with E-state index in [0.717, 1.165) is 25.3 Å². The van der Waals surface area contributed by atoms with Crippen LogP contribution in [-0.2, 0) is 6.42 Å². The van der Waals surface area contributed by atoms with Gasteiger partial charge in [0.25, 0.3) is 0 Å². The van der Waals surface area contributed by atoms with Gasteiger partial charge in [-0.15, -0.1) is 0 Å². The van der Waals surface area contributed by atoms with Gasteiger partial charge in [0.05, 0.1) is 12.6 Å². The largest absolute Gasteiger partial charge is 0.494 e. The van der Waals surface area contributed by atoms with Crippen LogP contribution in [0.5, 0.6) is 5.75 Å². The highest BCUT2D eigenvalue weighted by Gasteiger charge is 2.24. The maximum absolute atomic E-state index is 5.64. The van der Waals surface area contributed by atoms with Crippen LogP contribution < -0.4 is 10.1 Å². The lowest BCUT2D eigenvalue weighted by molar-refractivity contribution is 0.339. The van der Waals surface area contributed by atoms with Crippen molar-refractivity contribution in [3.05, 3.63) is 64.2 Å². The molecule has 0 aromatic heterocycles. The fourth-order valence-electron chi connectivity index (χ4n) is 3.34. The highest BCUT2D eigenvalue weighted by molar-refractivity contribution is 5.47. The third-order valence-corrected chi connectivity index (χ3v) is 4.31. The fraction of sp³-hybridized carbons (Fsp3) is 0.368. The molecule has 1 aliphatic heterocycles. The third kappa shape index (κ3) is 2.68. The maximum atomic E-state index is 5.64. The first-order valence-corrected chi connectivity index (χ1v) is 7.76. The summed E-state index contributed by atoms with van der Waals surface area (Å²) in [5, 5.41) is 3.68. The topological polar surface area (TPSA) is 21.3 Å². The summed E-state index contributed by atoms with van der Waals surface area (Å²) in [6, 6.07) is 13.4. The molecule has 1 N–H and O–H groups in total. The van der Waals surface area contributed by atoms with Gasteiger partial charge in [-0.2, -0.15) is 0 Å². The van der Waals surface area contributed by atoms with E-state index >= 15 is 0 Å². The van der Waals surface area contributed by atoms with E-state index in [1.165, 1.54) is 27.8 Å². The van der Waals surface area contributed by atoms with Crippen LogP contribution >= 0.6 is 0 Å². The summed E-state index contributed by atoms with van der Waals surface area (Å²) in [5.41, 5.74) is 6.93. The minimum absolute atomic E-state index is 0.297. The van der Waals surface area contributed by atoms with Crippen molar-refractivity contribution >= 4 is 0 Å². The molecule has 0 spiro atoms. The van der Waals surface area contributed by atoms with E-state index in [1.807, 2.05) is 6.92 Å². The Balaban J connectivity index is 2.05. The Morgan fingerprint density at radius 2 is 1.90 bits per heavy atom. The molecule has 110 valence electrons. The van der Waals surface area contributed by atoms with Gasteiger partial charge in [-0.05, 0) is 67.1 Å². The van der Waals surface area contributed by atoms with Gasteiger partial charge in [-0.3, -0.25) is 0 Å². The molecule has 1 unspecified atom stereocenters. The van der Waals surface area contributed by atoms with Crippen molar-refractivity contribution in [1.82, 2.24) is 5.32 Å². The van der Waals surface area contributed by atoms with Gasteiger partial charge in [0.2, 0.25) is 0 Å². The van der Waals surface area contributed by atoms with E-state index < -0.39 is 0 Å². The quantitative estimate of drug-likeness (QED) is 0.920. The predicted octanol–water partition coefficient (Wildman–Crippen LogP) is 3.94. The highest BCUT2D eigenvalue weighted by atomic mass is 16.5. The molecule has 0 aliphatic carbocycles. The minimum Gasteiger partial charge on any atom is -0.494 e. The van der Waals surface area contributed by atoms with E-state index in [-0.39, 0.29) is 0 Å². The lowest BCUT2D eigenvalue weighted by Gasteiger charge is -2.30. The number of hydrogen-bond acceptors (Lipinski definition) is 2. The van der Waals surface area contributed by atoms with E-state index in [2.05, 4.69) is 55.6 Å². The average Bonchev–Trinajstić information content (AvgIpc) is 2.47. The molecule has 2 heteroatoms. The first-order valence-electron chi connectivity index (χ1n) is 7.76. The maximum Gasteiger partial charge on any atom is 0.119 e. The Morgan fingerprint density at radius 1 is 1.14 bits per heavy atom. The van der Waals surface area contributed by atoms with Crippen molar-refractivity contribution in [2.24, 2.45) is 0 Å². The number of hydrogen-bond donors (Lipinski definition) is 1. The standard InChI is InChI=1S/C19H23NO/c1-4-21-16-8-9-17-15(12-16)10-11-20-19(17)18-13(2)6-5-7-14(18)3/h5-9,12,19-20H,4,10-11H2,1-3H3. The minimum atomic E-state index is 0.297. The Hall–Kier alpha value is -1.80. The summed E-state index contributed by atoms with van der Waals surface area (Å²) in [5.74, 6) is 0.985. The highest BCUT2D eigenvalue weighted by Crippen LogP contribution is 2.34. The van der Waals surface area contributed by atoms with Crippen molar-refractivity contribution in [3.8, 4) is 5.75 Å². The predicted molar refractivity (Wildman–Crippen MR) is 87.1 cm³/mol. The van der Waals surface area contributed by atoms with Gasteiger partial charge in [-0.25, -0.2) is 0 Å². The number of fused-ring (bicyclic) bond motifs is 1. The van der Waals surface area contributed by atoms with Crippen molar-refractivity contribution < 1.29 is 4.74 Å². The molecule has 21 heavy (non-hydrogen) atoms. The van der Waals surface area contributed by atoms with Gasteiger partial charge in [0, 0.05) is 6.54 Å². The van der Waals surface area contributed by atoms with Gasteiger partial charge in [-0.1, -0.05) is 24.3 Å². The SMILES string of the molecule is CCOc1ccc2c(c1)CCNC2c1c(C)cccc1C. The molecule has 0 bridgehead atoms. The summed E-state index contributed by atoms with van der Waals surface area (Å²) < 4.78 is 5.64. The second kappa shape index (κ2) is 5.90. The molecule has 2 aromatic rings. The van der Waals surface area contributed by atoms with E-state index in [1.54, 1.807) is 0 Å². The average molecular weight is 281 g/mol. The molecule has 3 rings (SSSR count). The zero-order valence-corrected chi connectivity index (χ0v) is 13.1. The van der Waals surface area contributed by atoms with Crippen molar-refractivity contribution in [2.75, 3.05) is 13.2 Å². The van der Waals surface area contributed by atoms with Crippen LogP contribution in [0.25, 0.3) is 0 Å². The normalized spacial score (nSPS) is 17.4. The molecular formula is C19H23NO. The van der Waals surface area contributed by atoms with Crippen LogP contribution in [0.2, 0.25) is 0 Å². The summed E-state index contributed by atoms with van der Waals surface area (Å²) in [7, 11) is 0. The molecule has 0 radical (unpaired) electrons. The Morgan fingerprint density at radius 3 is 2.62 bits per heavy atom. The van der Waals surface area contributed by atoms with Crippen LogP contribution in [-0.4, -0.2) is 13.2 Å². The second-order valence-electron chi connectivity index (χ2n) is 5.74. The fourth-order valence-corrected chi connectivity index (χ4v) is 3.34. The first kappa shape index (κ1) is 14.2. The third-order valence-electron chi connectivity index (χ3n) is 4.31. The van der Waals surface area contributed by atoms with Gasteiger partial charge in [0.15, 0.2) is 0 Å². The van der Waals surface area contributed by atoms with Crippen LogP contribution in [0.15, 0.2) is 36.4 Å². The zero-order chi connectivity index (χ0) is 14.8. The number of nitrogens with one attached hydrogen (secondary N) is 1. The number of aryl methyl sites for hydroxylation is 2. The monoisotopic (exact) mass is 281 g/mol. The Kier molecular flexibility index (Phi) is 3.98. The van der Waals surface area contributed by atoms with Gasteiger partial charge in [0.1, 0.15) is 5.75 Å². The van der Waals surface area contributed by atoms with Crippen molar-refractivity contribution in [1.29, 1.82) is 0 Å². The molecule has 0 saturated heterocycles. The van der Waals surface area contributed by atoms with Crippen LogP contribution in [0, 0.1) is 13.8 Å². The number of ether oxygens (including phenoxy) is 1. The van der Waals surface area contributed by atoms with E-state index in [4.69, 9.17) is 4.74 Å². The van der Waals surface area contributed by atoms with Crippen molar-refractivity contribution in [2.45, 2.75) is 33.2 Å². The summed E-state index contributed by atoms with van der Waals surface area (Å²) in [6.07, 6.45) is 1.07. The molecule has 1 atom stereocenters. The van der Waals surface area contributed by atoms with Gasteiger partial charge >= 0.3 is 0 Å². The molecule has 1 aliphatic rings.